The van der Waals surface area contributed by atoms with Gasteiger partial charge in [0.25, 0.3) is 0 Å². The van der Waals surface area contributed by atoms with Gasteiger partial charge < -0.3 is 10.6 Å². The molecule has 0 aromatic heterocycles. The van der Waals surface area contributed by atoms with Crippen molar-refractivity contribution in [1.29, 1.82) is 0 Å². The van der Waals surface area contributed by atoms with Crippen molar-refractivity contribution in [3.63, 3.8) is 0 Å². The van der Waals surface area contributed by atoms with Crippen LogP contribution in [0.1, 0.15) is 5.56 Å². The van der Waals surface area contributed by atoms with Crippen LogP contribution in [0, 0.1) is 6.92 Å². The molecule has 0 saturated carbocycles. The summed E-state index contributed by atoms with van der Waals surface area (Å²) in [6, 6.07) is 13.4. The van der Waals surface area contributed by atoms with Crippen molar-refractivity contribution in [1.82, 2.24) is 0 Å². The van der Waals surface area contributed by atoms with Crippen LogP contribution in [0.4, 0.5) is 11.4 Å². The molecule has 0 atom stereocenters. The first-order valence-corrected chi connectivity index (χ1v) is 7.69. The highest BCUT2D eigenvalue weighted by atomic mass is 79.9. The third-order valence-corrected chi connectivity index (χ3v) is 4.34. The quantitative estimate of drug-likeness (QED) is 0.793. The molecule has 0 unspecified atom stereocenters. The lowest BCUT2D eigenvalue weighted by molar-refractivity contribution is -0.114. The fraction of sp³-hybridized carbons (Fsp3) is 0.133. The Morgan fingerprint density at radius 3 is 2.55 bits per heavy atom. The number of amides is 1. The fourth-order valence-corrected chi connectivity index (χ4v) is 2.38. The van der Waals surface area contributed by atoms with Crippen molar-refractivity contribution in [3.05, 3.63) is 57.0 Å². The predicted molar refractivity (Wildman–Crippen MR) is 90.1 cm³/mol. The van der Waals surface area contributed by atoms with Gasteiger partial charge in [-0.25, -0.2) is 0 Å². The zero-order chi connectivity index (χ0) is 14.5. The number of aryl methyl sites for hydroxylation is 1. The van der Waals surface area contributed by atoms with Crippen LogP contribution in [0.25, 0.3) is 0 Å². The van der Waals surface area contributed by atoms with Gasteiger partial charge in [-0.1, -0.05) is 28.1 Å². The molecule has 0 aliphatic carbocycles. The Bertz CT molecular complexity index is 629. The van der Waals surface area contributed by atoms with Gasteiger partial charge in [0.15, 0.2) is 0 Å². The smallest absolute Gasteiger partial charge is 0.243 e. The fourth-order valence-electron chi connectivity index (χ4n) is 1.71. The van der Waals surface area contributed by atoms with Gasteiger partial charge in [0, 0.05) is 20.3 Å². The minimum Gasteiger partial charge on any atom is -0.375 e. The SMILES string of the molecule is Cc1cc(NC(=O)CNc2ccccc2Br)ccc1Br. The van der Waals surface area contributed by atoms with Crippen LogP contribution < -0.4 is 10.6 Å². The zero-order valence-corrected chi connectivity index (χ0v) is 14.1. The molecule has 1 amide bonds. The van der Waals surface area contributed by atoms with Gasteiger partial charge in [-0.3, -0.25) is 4.79 Å². The number of carbonyl (C=O) groups is 1. The van der Waals surface area contributed by atoms with E-state index in [1.165, 1.54) is 0 Å². The first kappa shape index (κ1) is 15.1. The third kappa shape index (κ3) is 4.08. The maximum Gasteiger partial charge on any atom is 0.243 e. The number of halogens is 2. The molecule has 20 heavy (non-hydrogen) atoms. The summed E-state index contributed by atoms with van der Waals surface area (Å²) < 4.78 is 1.97. The van der Waals surface area contributed by atoms with Crippen LogP contribution in [-0.4, -0.2) is 12.5 Å². The summed E-state index contributed by atoms with van der Waals surface area (Å²) in [5.74, 6) is -0.0810. The molecule has 0 aliphatic heterocycles. The number of carbonyl (C=O) groups excluding carboxylic acids is 1. The second-order valence-corrected chi connectivity index (χ2v) is 6.05. The van der Waals surface area contributed by atoms with Crippen LogP contribution in [0.2, 0.25) is 0 Å². The average molecular weight is 398 g/mol. The normalized spacial score (nSPS) is 10.2. The molecule has 0 fully saturated rings. The van der Waals surface area contributed by atoms with E-state index in [2.05, 4.69) is 42.5 Å². The van der Waals surface area contributed by atoms with Gasteiger partial charge in [0.2, 0.25) is 5.91 Å². The number of hydrogen-bond acceptors (Lipinski definition) is 2. The molecule has 5 heteroatoms. The lowest BCUT2D eigenvalue weighted by Gasteiger charge is -2.10. The van der Waals surface area contributed by atoms with Crippen LogP contribution in [0.3, 0.4) is 0 Å². The Hall–Kier alpha value is -1.33. The molecule has 0 aliphatic rings. The molecule has 0 spiro atoms. The number of benzene rings is 2. The molecule has 0 radical (unpaired) electrons. The van der Waals surface area contributed by atoms with E-state index in [0.717, 1.165) is 25.9 Å². The van der Waals surface area contributed by atoms with Crippen LogP contribution >= 0.6 is 31.9 Å². The maximum atomic E-state index is 11.9. The largest absolute Gasteiger partial charge is 0.375 e. The van der Waals surface area contributed by atoms with Crippen LogP contribution in [0.15, 0.2) is 51.4 Å². The predicted octanol–water partition coefficient (Wildman–Crippen LogP) is 4.57. The summed E-state index contributed by atoms with van der Waals surface area (Å²) in [6.45, 7) is 2.21. The Kier molecular flexibility index (Phi) is 5.20. The van der Waals surface area contributed by atoms with E-state index in [4.69, 9.17) is 0 Å². The van der Waals surface area contributed by atoms with E-state index in [-0.39, 0.29) is 12.5 Å². The summed E-state index contributed by atoms with van der Waals surface area (Å²) >= 11 is 6.87. The summed E-state index contributed by atoms with van der Waals surface area (Å²) in [5, 5.41) is 5.95. The third-order valence-electron chi connectivity index (χ3n) is 2.75. The van der Waals surface area contributed by atoms with Crippen molar-refractivity contribution in [2.45, 2.75) is 6.92 Å². The topological polar surface area (TPSA) is 41.1 Å². The van der Waals surface area contributed by atoms with Crippen LogP contribution in [0.5, 0.6) is 0 Å². The summed E-state index contributed by atoms with van der Waals surface area (Å²) in [4.78, 5) is 11.9. The highest BCUT2D eigenvalue weighted by molar-refractivity contribution is 9.10. The summed E-state index contributed by atoms with van der Waals surface area (Å²) in [7, 11) is 0. The van der Waals surface area contributed by atoms with E-state index < -0.39 is 0 Å². The Balaban J connectivity index is 1.93. The van der Waals surface area contributed by atoms with Gasteiger partial charge in [0.05, 0.1) is 6.54 Å². The van der Waals surface area contributed by atoms with Gasteiger partial charge in [0.1, 0.15) is 0 Å². The molecular weight excluding hydrogens is 384 g/mol. The van der Waals surface area contributed by atoms with Crippen molar-refractivity contribution in [2.24, 2.45) is 0 Å². The van der Waals surface area contributed by atoms with E-state index in [0.29, 0.717) is 0 Å². The van der Waals surface area contributed by atoms with Crippen molar-refractivity contribution >= 4 is 49.1 Å². The van der Waals surface area contributed by atoms with Crippen LogP contribution in [-0.2, 0) is 4.79 Å². The second kappa shape index (κ2) is 6.90. The second-order valence-electron chi connectivity index (χ2n) is 4.35. The highest BCUT2D eigenvalue weighted by Crippen LogP contribution is 2.21. The van der Waals surface area contributed by atoms with E-state index >= 15 is 0 Å². The minimum atomic E-state index is -0.0810. The molecular formula is C15H14Br2N2O. The van der Waals surface area contributed by atoms with E-state index in [1.807, 2.05) is 49.4 Å². The monoisotopic (exact) mass is 396 g/mol. The first-order valence-electron chi connectivity index (χ1n) is 6.10. The molecule has 2 N–H and O–H groups in total. The number of rotatable bonds is 4. The van der Waals surface area contributed by atoms with E-state index in [9.17, 15) is 4.79 Å². The number of nitrogens with one attached hydrogen (secondary N) is 2. The maximum absolute atomic E-state index is 11.9. The number of para-hydroxylation sites is 1. The molecule has 2 aromatic rings. The molecule has 2 rings (SSSR count). The van der Waals surface area contributed by atoms with Crippen molar-refractivity contribution in [2.75, 3.05) is 17.2 Å². The summed E-state index contributed by atoms with van der Waals surface area (Å²) in [5.41, 5.74) is 2.78. The van der Waals surface area contributed by atoms with E-state index in [1.54, 1.807) is 0 Å². The van der Waals surface area contributed by atoms with Gasteiger partial charge >= 0.3 is 0 Å². The molecule has 2 aromatic carbocycles. The van der Waals surface area contributed by atoms with Crippen molar-refractivity contribution < 1.29 is 4.79 Å². The summed E-state index contributed by atoms with van der Waals surface area (Å²) in [6.07, 6.45) is 0. The number of anilines is 2. The minimum absolute atomic E-state index is 0.0810. The Morgan fingerprint density at radius 1 is 1.10 bits per heavy atom. The zero-order valence-electron chi connectivity index (χ0n) is 10.9. The van der Waals surface area contributed by atoms with Crippen molar-refractivity contribution in [3.8, 4) is 0 Å². The highest BCUT2D eigenvalue weighted by Gasteiger charge is 2.05. The first-order chi connectivity index (χ1) is 9.56. The number of hydrogen-bond donors (Lipinski definition) is 2. The van der Waals surface area contributed by atoms with Gasteiger partial charge in [-0.2, -0.15) is 0 Å². The standard InChI is InChI=1S/C15H14Br2N2O/c1-10-8-11(6-7-12(10)16)19-15(20)9-18-14-5-3-2-4-13(14)17/h2-8,18H,9H2,1H3,(H,19,20). The Morgan fingerprint density at radius 2 is 1.85 bits per heavy atom. The lowest BCUT2D eigenvalue weighted by atomic mass is 10.2. The van der Waals surface area contributed by atoms with Gasteiger partial charge in [-0.15, -0.1) is 0 Å². The lowest BCUT2D eigenvalue weighted by Crippen LogP contribution is -2.21. The van der Waals surface area contributed by atoms with Gasteiger partial charge in [-0.05, 0) is 58.7 Å². The molecule has 104 valence electrons. The molecule has 0 heterocycles. The molecule has 0 bridgehead atoms. The average Bonchev–Trinajstić information content (AvgIpc) is 2.42. The molecule has 0 saturated heterocycles. The Labute approximate surface area is 135 Å². The molecule has 3 nitrogen and oxygen atoms in total.